The molecule has 1 aromatic carbocycles. The highest BCUT2D eigenvalue weighted by Gasteiger charge is 2.63. The molecule has 6 rings (SSSR count). The van der Waals surface area contributed by atoms with Gasteiger partial charge in [-0.1, -0.05) is 37.3 Å². The van der Waals surface area contributed by atoms with Crippen LogP contribution in [-0.4, -0.2) is 110 Å². The lowest BCUT2D eigenvalue weighted by molar-refractivity contribution is -0.244. The van der Waals surface area contributed by atoms with Crippen molar-refractivity contribution in [2.24, 2.45) is 17.8 Å². The monoisotopic (exact) mass is 851 g/mol. The van der Waals surface area contributed by atoms with Gasteiger partial charge in [-0.2, -0.15) is 13.2 Å². The minimum atomic E-state index is -4.94. The molecule has 59 heavy (non-hydrogen) atoms. The Morgan fingerprint density at radius 3 is 2.42 bits per heavy atom. The van der Waals surface area contributed by atoms with Gasteiger partial charge in [0.15, 0.2) is 0 Å². The van der Waals surface area contributed by atoms with Gasteiger partial charge in [0.05, 0.1) is 31.2 Å². The van der Waals surface area contributed by atoms with Crippen molar-refractivity contribution in [3.63, 3.8) is 0 Å². The quantitative estimate of drug-likeness (QED) is 0.285. The lowest BCUT2D eigenvalue weighted by atomic mass is 9.87. The van der Waals surface area contributed by atoms with Crippen molar-refractivity contribution >= 4 is 44.6 Å². The molecule has 15 nitrogen and oxygen atoms in total. The molecule has 2 aromatic rings. The molecule has 324 valence electrons. The number of rotatable bonds is 10. The molecule has 7 atom stereocenters. The van der Waals surface area contributed by atoms with Gasteiger partial charge in [0.1, 0.15) is 29.5 Å². The smallest absolute Gasteiger partial charge is 0.427 e. The first kappa shape index (κ1) is 43.9. The van der Waals surface area contributed by atoms with Crippen LogP contribution in [0.3, 0.4) is 0 Å². The molecule has 3 fully saturated rings. The van der Waals surface area contributed by atoms with Gasteiger partial charge in [0.2, 0.25) is 33.3 Å². The van der Waals surface area contributed by atoms with Crippen molar-refractivity contribution in [2.75, 3.05) is 27.4 Å². The zero-order valence-electron chi connectivity index (χ0n) is 33.9. The van der Waals surface area contributed by atoms with Crippen LogP contribution < -0.4 is 24.8 Å². The molecular formula is C40H52F3N5O10S. The van der Waals surface area contributed by atoms with Gasteiger partial charge in [0.25, 0.3) is 5.91 Å². The Bertz CT molecular complexity index is 2090. The van der Waals surface area contributed by atoms with Crippen LogP contribution in [-0.2, 0) is 33.9 Å². The molecule has 1 aromatic heterocycles. The average molecular weight is 852 g/mol. The topological polar surface area (TPSA) is 192 Å². The second-order valence-electron chi connectivity index (χ2n) is 16.9. The van der Waals surface area contributed by atoms with Gasteiger partial charge in [-0.05, 0) is 71.3 Å². The standard InChI is InChI=1S/C40H52F3N5O10S/c1-23-11-7-8-12-25-19-39(25,35(51)47-59(53,54)38(4)15-16-38)46-32(49)29-18-26(57-33-28-14-10-9-13-27(28)30(56-6)20-44-33)21-48(29)34(50)31(24(17-23)22-55-5)45-36(52)58-37(2,3)40(41,42)43/h8-10,12-14,20,23-26,29,31H,7,11,15-19,21-22H2,1-6H3,(H,45,52)(H,46,49)(H,47,51)/b12-8-/t23-,24+,25?,26-,29+,31+,39-/m1/s1. The molecule has 2 aliphatic heterocycles. The third kappa shape index (κ3) is 9.10. The molecule has 1 saturated heterocycles. The number of fused-ring (bicyclic) bond motifs is 3. The van der Waals surface area contributed by atoms with Crippen molar-refractivity contribution in [2.45, 2.75) is 113 Å². The van der Waals surface area contributed by atoms with Gasteiger partial charge >= 0.3 is 12.3 Å². The van der Waals surface area contributed by atoms with Crippen LogP contribution in [0.4, 0.5) is 18.0 Å². The van der Waals surface area contributed by atoms with Gasteiger partial charge in [-0.3, -0.25) is 19.1 Å². The van der Waals surface area contributed by atoms with Crippen molar-refractivity contribution in [1.29, 1.82) is 0 Å². The van der Waals surface area contributed by atoms with Crippen LogP contribution in [0.1, 0.15) is 72.6 Å². The van der Waals surface area contributed by atoms with Crippen molar-refractivity contribution < 1.29 is 59.7 Å². The summed E-state index contributed by atoms with van der Waals surface area (Å²) in [5.41, 5.74) is -4.58. The van der Waals surface area contributed by atoms with E-state index in [1.165, 1.54) is 32.2 Å². The Hall–Kier alpha value is -4.65. The lowest BCUT2D eigenvalue weighted by Gasteiger charge is -2.35. The molecule has 0 bridgehead atoms. The molecule has 19 heteroatoms. The number of alkyl halides is 3. The first-order chi connectivity index (χ1) is 27.6. The summed E-state index contributed by atoms with van der Waals surface area (Å²) in [7, 11) is -1.21. The molecule has 3 N–H and O–H groups in total. The molecule has 2 aliphatic carbocycles. The molecular weight excluding hydrogens is 800 g/mol. The second-order valence-corrected chi connectivity index (χ2v) is 19.1. The number of ether oxygens (including phenoxy) is 4. The number of nitrogens with zero attached hydrogens (tertiary/aromatic N) is 2. The summed E-state index contributed by atoms with van der Waals surface area (Å²) in [5, 5.41) is 6.43. The normalized spacial score (nSPS) is 29.1. The zero-order chi connectivity index (χ0) is 43.1. The number of hydrogen-bond donors (Lipinski definition) is 3. The first-order valence-electron chi connectivity index (χ1n) is 19.6. The van der Waals surface area contributed by atoms with E-state index in [1.54, 1.807) is 30.3 Å². The van der Waals surface area contributed by atoms with Crippen molar-refractivity contribution in [3.8, 4) is 11.6 Å². The number of aromatic nitrogens is 1. The number of hydrogen-bond acceptors (Lipinski definition) is 11. The van der Waals surface area contributed by atoms with Gasteiger partial charge < -0.3 is 34.5 Å². The first-order valence-corrected chi connectivity index (χ1v) is 21.1. The maximum Gasteiger partial charge on any atom is 0.427 e. The van der Waals surface area contributed by atoms with Crippen LogP contribution in [0.2, 0.25) is 0 Å². The Kier molecular flexibility index (Phi) is 12.2. The second kappa shape index (κ2) is 16.4. The van der Waals surface area contributed by atoms with Crippen LogP contribution in [0.25, 0.3) is 10.8 Å². The number of allylic oxidation sites excluding steroid dienone is 1. The number of nitrogens with one attached hydrogen (secondary N) is 3. The average Bonchev–Trinajstić information content (AvgIpc) is 4.04. The minimum absolute atomic E-state index is 0.0894. The predicted molar refractivity (Wildman–Crippen MR) is 208 cm³/mol. The van der Waals surface area contributed by atoms with Crippen LogP contribution in [0, 0.1) is 17.8 Å². The number of halogens is 3. The summed E-state index contributed by atoms with van der Waals surface area (Å²) in [5.74, 6) is -3.37. The van der Waals surface area contributed by atoms with Crippen LogP contribution in [0.15, 0.2) is 42.6 Å². The van der Waals surface area contributed by atoms with E-state index in [9.17, 15) is 40.8 Å². The van der Waals surface area contributed by atoms with Gasteiger partial charge in [-0.25, -0.2) is 18.2 Å². The van der Waals surface area contributed by atoms with Gasteiger partial charge in [-0.15, -0.1) is 0 Å². The number of amides is 4. The Labute approximate surface area is 341 Å². The van der Waals surface area contributed by atoms with Crippen LogP contribution >= 0.6 is 0 Å². The molecule has 4 aliphatic rings. The van der Waals surface area contributed by atoms with Crippen molar-refractivity contribution in [1.82, 2.24) is 25.2 Å². The predicted octanol–water partition coefficient (Wildman–Crippen LogP) is 4.54. The summed E-state index contributed by atoms with van der Waals surface area (Å²) in [6.07, 6.45) is -0.215. The summed E-state index contributed by atoms with van der Waals surface area (Å²) < 4.78 is 91.1. The highest BCUT2D eigenvalue weighted by Crippen LogP contribution is 2.48. The van der Waals surface area contributed by atoms with Crippen LogP contribution in [0.5, 0.6) is 11.6 Å². The molecule has 4 amide bonds. The molecule has 1 unspecified atom stereocenters. The lowest BCUT2D eigenvalue weighted by Crippen LogP contribution is -2.60. The number of sulfonamides is 1. The van der Waals surface area contributed by atoms with Crippen molar-refractivity contribution in [3.05, 3.63) is 42.6 Å². The third-order valence-electron chi connectivity index (χ3n) is 12.0. The fourth-order valence-electron chi connectivity index (χ4n) is 7.79. The summed E-state index contributed by atoms with van der Waals surface area (Å²) in [6.45, 7) is 4.47. The molecule has 3 heterocycles. The van der Waals surface area contributed by atoms with E-state index in [2.05, 4.69) is 20.3 Å². The van der Waals surface area contributed by atoms with E-state index < -0.39 is 85.9 Å². The fraction of sp³-hybridized carbons (Fsp3) is 0.625. The number of carbonyl (C=O) groups is 4. The van der Waals surface area contributed by atoms with E-state index in [0.717, 1.165) is 0 Å². The van der Waals surface area contributed by atoms with E-state index >= 15 is 0 Å². The number of carbonyl (C=O) groups excluding carboxylic acids is 4. The summed E-state index contributed by atoms with van der Waals surface area (Å²) >= 11 is 0. The fourth-order valence-corrected chi connectivity index (χ4v) is 9.10. The third-order valence-corrected chi connectivity index (χ3v) is 14.1. The largest absolute Gasteiger partial charge is 0.494 e. The van der Waals surface area contributed by atoms with E-state index in [4.69, 9.17) is 18.9 Å². The summed E-state index contributed by atoms with van der Waals surface area (Å²) in [6, 6.07) is 4.24. The molecule has 2 saturated carbocycles. The SMILES string of the molecule is COC[C@@H]1C[C@H](C)CC/C=C\C2C[C@@]2(C(=O)NS(=O)(=O)C2(C)CC2)NC(=O)[C@@H]2C[C@@H](Oc3ncc(OC)c4ccccc34)CN2C(=O)[C@H]1NC(=O)OC(C)(C)C(F)(F)F. The van der Waals surface area contributed by atoms with E-state index in [-0.39, 0.29) is 44.2 Å². The zero-order valence-corrected chi connectivity index (χ0v) is 34.7. The number of methoxy groups -OCH3 is 2. The van der Waals surface area contributed by atoms with E-state index in [0.29, 0.717) is 56.1 Å². The Balaban J connectivity index is 1.38. The minimum Gasteiger partial charge on any atom is -0.494 e. The highest BCUT2D eigenvalue weighted by atomic mass is 32.2. The number of pyridine rings is 1. The molecule has 0 radical (unpaired) electrons. The van der Waals surface area contributed by atoms with Gasteiger partial charge in [0, 0.05) is 36.1 Å². The number of alkyl carbamates (subject to hydrolysis) is 1. The maximum atomic E-state index is 14.9. The Morgan fingerprint density at radius 1 is 1.08 bits per heavy atom. The molecule has 0 spiro atoms. The maximum absolute atomic E-state index is 14.9. The Morgan fingerprint density at radius 2 is 1.78 bits per heavy atom. The highest BCUT2D eigenvalue weighted by molar-refractivity contribution is 7.91. The number of benzene rings is 1. The van der Waals surface area contributed by atoms with E-state index in [1.807, 2.05) is 13.0 Å². The summed E-state index contributed by atoms with van der Waals surface area (Å²) in [4.78, 5) is 62.3.